The summed E-state index contributed by atoms with van der Waals surface area (Å²) < 4.78 is 34.2. The maximum absolute atomic E-state index is 13.2. The van der Waals surface area contributed by atoms with Crippen molar-refractivity contribution in [1.29, 1.82) is 0 Å². The SMILES string of the molecule is O=c1ccn([C@@H]2O[C@H](COCc3ccccc3)[C@@H](OCc3ccccc3)[C@H](OCc3ccccc3)[C@H]2OCc2ccccc2)c(=O)[nH]1. The molecule has 1 aliphatic heterocycles. The Balaban J connectivity index is 1.36. The average molecular weight is 635 g/mol. The monoisotopic (exact) mass is 634 g/mol. The van der Waals surface area contributed by atoms with E-state index in [4.69, 9.17) is 23.7 Å². The summed E-state index contributed by atoms with van der Waals surface area (Å²) in [5.41, 5.74) is 2.78. The lowest BCUT2D eigenvalue weighted by Gasteiger charge is -2.46. The second kappa shape index (κ2) is 16.3. The molecule has 0 aliphatic carbocycles. The number of benzene rings is 4. The molecular weight excluding hydrogens is 596 g/mol. The Morgan fingerprint density at radius 1 is 0.553 bits per heavy atom. The quantitative estimate of drug-likeness (QED) is 0.174. The summed E-state index contributed by atoms with van der Waals surface area (Å²) in [6.45, 7) is 1.31. The van der Waals surface area contributed by atoms with Gasteiger partial charge in [-0.15, -0.1) is 0 Å². The van der Waals surface area contributed by atoms with Crippen molar-refractivity contribution in [2.75, 3.05) is 6.61 Å². The van der Waals surface area contributed by atoms with E-state index in [-0.39, 0.29) is 19.8 Å². The van der Waals surface area contributed by atoms with Crippen LogP contribution in [0.25, 0.3) is 0 Å². The summed E-state index contributed by atoms with van der Waals surface area (Å²) in [4.78, 5) is 27.6. The van der Waals surface area contributed by atoms with Gasteiger partial charge in [0.15, 0.2) is 6.23 Å². The highest BCUT2D eigenvalue weighted by Gasteiger charge is 2.49. The van der Waals surface area contributed by atoms with Crippen LogP contribution >= 0.6 is 0 Å². The lowest BCUT2D eigenvalue weighted by Crippen LogP contribution is -2.60. The number of nitrogens with one attached hydrogen (secondary N) is 1. The number of rotatable bonds is 14. The smallest absolute Gasteiger partial charge is 0.330 e. The Labute approximate surface area is 273 Å². The Bertz CT molecular complexity index is 1760. The Morgan fingerprint density at radius 3 is 1.49 bits per heavy atom. The topological polar surface area (TPSA) is 101 Å². The van der Waals surface area contributed by atoms with Crippen molar-refractivity contribution in [3.8, 4) is 0 Å². The van der Waals surface area contributed by atoms with Gasteiger partial charge in [0.2, 0.25) is 0 Å². The third kappa shape index (κ3) is 8.79. The number of nitrogens with zero attached hydrogens (tertiary/aromatic N) is 1. The highest BCUT2D eigenvalue weighted by Crippen LogP contribution is 2.35. The van der Waals surface area contributed by atoms with Gasteiger partial charge in [0, 0.05) is 12.3 Å². The normalized spacial score (nSPS) is 21.0. The molecule has 1 aromatic heterocycles. The molecule has 9 heteroatoms. The average Bonchev–Trinajstić information content (AvgIpc) is 3.11. The van der Waals surface area contributed by atoms with E-state index in [1.54, 1.807) is 0 Å². The van der Waals surface area contributed by atoms with Crippen molar-refractivity contribution in [2.45, 2.75) is 57.1 Å². The molecule has 2 heterocycles. The van der Waals surface area contributed by atoms with E-state index in [2.05, 4.69) is 4.98 Å². The van der Waals surface area contributed by atoms with E-state index in [1.165, 1.54) is 16.8 Å². The summed E-state index contributed by atoms with van der Waals surface area (Å²) in [6.07, 6.45) is -2.37. The molecule has 0 bridgehead atoms. The molecule has 0 unspecified atom stereocenters. The molecule has 1 fully saturated rings. The maximum atomic E-state index is 13.2. The van der Waals surface area contributed by atoms with Crippen LogP contribution in [0.4, 0.5) is 0 Å². The second-order valence-electron chi connectivity index (χ2n) is 11.4. The van der Waals surface area contributed by atoms with Gasteiger partial charge in [0.05, 0.1) is 33.0 Å². The van der Waals surface area contributed by atoms with Crippen LogP contribution in [0.5, 0.6) is 0 Å². The van der Waals surface area contributed by atoms with Crippen molar-refractivity contribution in [1.82, 2.24) is 9.55 Å². The maximum Gasteiger partial charge on any atom is 0.330 e. The summed E-state index contributed by atoms with van der Waals surface area (Å²) in [5, 5.41) is 0. The molecule has 0 radical (unpaired) electrons. The standard InChI is InChI=1S/C38H38N2O7/c41-33-21-22-40(38(42)39-33)37-36(46-26-31-19-11-4-12-20-31)35(45-25-30-17-9-3-10-18-30)34(44-24-29-15-7-2-8-16-29)32(47-37)27-43-23-28-13-5-1-6-14-28/h1-22,32,34-37H,23-27H2,(H,39,41,42)/t32-,34-,35+,36-,37-/m1/s1. The zero-order chi connectivity index (χ0) is 32.3. The van der Waals surface area contributed by atoms with E-state index in [0.29, 0.717) is 13.2 Å². The molecule has 5 atom stereocenters. The first-order valence-corrected chi connectivity index (χ1v) is 15.7. The largest absolute Gasteiger partial charge is 0.374 e. The van der Waals surface area contributed by atoms with Gasteiger partial charge in [-0.1, -0.05) is 121 Å². The van der Waals surface area contributed by atoms with Gasteiger partial charge in [-0.05, 0) is 22.3 Å². The van der Waals surface area contributed by atoms with Gasteiger partial charge < -0.3 is 23.7 Å². The predicted octanol–water partition coefficient (Wildman–Crippen LogP) is 5.41. The zero-order valence-corrected chi connectivity index (χ0v) is 25.9. The van der Waals surface area contributed by atoms with E-state index in [1.807, 2.05) is 121 Å². The van der Waals surface area contributed by atoms with E-state index >= 15 is 0 Å². The molecule has 1 saturated heterocycles. The van der Waals surface area contributed by atoms with Crippen LogP contribution in [0.15, 0.2) is 143 Å². The minimum absolute atomic E-state index is 0.152. The van der Waals surface area contributed by atoms with Crippen LogP contribution < -0.4 is 11.2 Å². The van der Waals surface area contributed by atoms with Crippen LogP contribution in [0.2, 0.25) is 0 Å². The van der Waals surface area contributed by atoms with E-state index in [0.717, 1.165) is 22.3 Å². The van der Waals surface area contributed by atoms with Crippen LogP contribution in [0.1, 0.15) is 28.5 Å². The molecule has 47 heavy (non-hydrogen) atoms. The lowest BCUT2D eigenvalue weighted by atomic mass is 9.96. The van der Waals surface area contributed by atoms with Crippen LogP contribution in [-0.4, -0.2) is 40.6 Å². The minimum Gasteiger partial charge on any atom is -0.374 e. The number of aromatic nitrogens is 2. The molecular formula is C38H38N2O7. The second-order valence-corrected chi connectivity index (χ2v) is 11.4. The fraction of sp³-hybridized carbons (Fsp3) is 0.263. The summed E-state index contributed by atoms with van der Waals surface area (Å²) >= 11 is 0. The molecule has 0 spiro atoms. The van der Waals surface area contributed by atoms with Crippen molar-refractivity contribution in [2.24, 2.45) is 0 Å². The first-order chi connectivity index (χ1) is 23.1. The van der Waals surface area contributed by atoms with Crippen LogP contribution in [0.3, 0.4) is 0 Å². The molecule has 4 aromatic carbocycles. The predicted molar refractivity (Wildman–Crippen MR) is 176 cm³/mol. The van der Waals surface area contributed by atoms with E-state index < -0.39 is 41.9 Å². The molecule has 242 valence electrons. The van der Waals surface area contributed by atoms with Crippen LogP contribution in [0, 0.1) is 0 Å². The van der Waals surface area contributed by atoms with Gasteiger partial charge in [0.1, 0.15) is 24.4 Å². The minimum atomic E-state index is -0.967. The van der Waals surface area contributed by atoms with E-state index in [9.17, 15) is 9.59 Å². The molecule has 1 N–H and O–H groups in total. The fourth-order valence-corrected chi connectivity index (χ4v) is 5.62. The van der Waals surface area contributed by atoms with Gasteiger partial charge >= 0.3 is 5.69 Å². The fourth-order valence-electron chi connectivity index (χ4n) is 5.62. The van der Waals surface area contributed by atoms with Gasteiger partial charge in [0.25, 0.3) is 5.56 Å². The Morgan fingerprint density at radius 2 is 1.00 bits per heavy atom. The summed E-state index contributed by atoms with van der Waals surface area (Å²) in [5.74, 6) is 0. The number of aromatic amines is 1. The first kappa shape index (κ1) is 32.3. The molecule has 5 aromatic rings. The third-order valence-electron chi connectivity index (χ3n) is 7.98. The summed E-state index contributed by atoms with van der Waals surface area (Å²) in [6, 6.07) is 40.6. The number of ether oxygens (including phenoxy) is 5. The highest BCUT2D eigenvalue weighted by atomic mass is 16.6. The molecule has 6 rings (SSSR count). The van der Waals surface area contributed by atoms with Gasteiger partial charge in [-0.3, -0.25) is 14.3 Å². The number of hydrogen-bond acceptors (Lipinski definition) is 7. The van der Waals surface area contributed by atoms with Crippen molar-refractivity contribution < 1.29 is 23.7 Å². The zero-order valence-electron chi connectivity index (χ0n) is 25.9. The molecule has 0 amide bonds. The van der Waals surface area contributed by atoms with Crippen LogP contribution in [-0.2, 0) is 50.1 Å². The lowest BCUT2D eigenvalue weighted by molar-refractivity contribution is -0.291. The highest BCUT2D eigenvalue weighted by molar-refractivity contribution is 5.16. The summed E-state index contributed by atoms with van der Waals surface area (Å²) in [7, 11) is 0. The Hall–Kier alpha value is -4.64. The molecule has 9 nitrogen and oxygen atoms in total. The third-order valence-corrected chi connectivity index (χ3v) is 7.98. The molecule has 1 aliphatic rings. The number of hydrogen-bond donors (Lipinski definition) is 1. The first-order valence-electron chi connectivity index (χ1n) is 15.7. The molecule has 0 saturated carbocycles. The van der Waals surface area contributed by atoms with Gasteiger partial charge in [-0.25, -0.2) is 4.79 Å². The number of H-pyrrole nitrogens is 1. The van der Waals surface area contributed by atoms with Crippen molar-refractivity contribution >= 4 is 0 Å². The Kier molecular flexibility index (Phi) is 11.2. The van der Waals surface area contributed by atoms with Crippen molar-refractivity contribution in [3.05, 3.63) is 177 Å². The van der Waals surface area contributed by atoms with Crippen molar-refractivity contribution in [3.63, 3.8) is 0 Å². The van der Waals surface area contributed by atoms with Gasteiger partial charge in [-0.2, -0.15) is 0 Å².